The molecule has 3 nitrogen and oxygen atoms in total. The molecule has 0 aliphatic heterocycles. The molecule has 238 valence electrons. The molecule has 0 aromatic heterocycles. The third kappa shape index (κ3) is 13.4. The van der Waals surface area contributed by atoms with Gasteiger partial charge >= 0.3 is 201 Å². The van der Waals surface area contributed by atoms with Crippen molar-refractivity contribution >= 4 is 39.5 Å². The van der Waals surface area contributed by atoms with Crippen molar-refractivity contribution in [3.05, 3.63) is 91.0 Å². The van der Waals surface area contributed by atoms with Crippen molar-refractivity contribution in [3.63, 3.8) is 0 Å². The summed E-state index contributed by atoms with van der Waals surface area (Å²) in [4.78, 5) is 0. The molecule has 0 fully saturated rings. The van der Waals surface area contributed by atoms with Crippen molar-refractivity contribution in [1.82, 2.24) is 0 Å². The van der Waals surface area contributed by atoms with E-state index in [-0.39, 0.29) is 0 Å². The molecule has 0 N–H and O–H groups in total. The number of halogens is 3. The molecule has 0 amide bonds. The Hall–Kier alpha value is -1.82. The summed E-state index contributed by atoms with van der Waals surface area (Å²) in [7, 11) is -6.09. The molecular weight excluding hydrogens is 679 g/mol. The van der Waals surface area contributed by atoms with Gasteiger partial charge in [0, 0.05) is 0 Å². The van der Waals surface area contributed by atoms with E-state index < -0.39 is 34.4 Å². The maximum absolute atomic E-state index is 10.7. The van der Waals surface area contributed by atoms with E-state index in [0.29, 0.717) is 0 Å². The van der Waals surface area contributed by atoms with Crippen LogP contribution in [0.2, 0.25) is 4.37 Å². The number of unbranched alkanes of at least 4 members (excludes halogenated alkanes) is 13. The summed E-state index contributed by atoms with van der Waals surface area (Å²) in [6, 6.07) is 34.4. The maximum Gasteiger partial charge on any atom is 0.485 e. The maximum atomic E-state index is 10.7. The van der Waals surface area contributed by atoms with Crippen molar-refractivity contribution < 1.29 is 26.1 Å². The summed E-state index contributed by atoms with van der Waals surface area (Å²) in [5, 5.41) is 0. The fraction of sp³-hybridized carbons (Fsp3) is 0.486. The van der Waals surface area contributed by atoms with Gasteiger partial charge in [-0.15, -0.1) is 0 Å². The van der Waals surface area contributed by atoms with E-state index in [1.807, 2.05) is 0 Å². The van der Waals surface area contributed by atoms with Crippen molar-refractivity contribution in [2.24, 2.45) is 0 Å². The largest absolute Gasteiger partial charge is 0.741 e. The van der Waals surface area contributed by atoms with Gasteiger partial charge in [0.15, 0.2) is 10.1 Å². The molecule has 0 aliphatic carbocycles. The quantitative estimate of drug-likeness (QED) is 0.0571. The van der Waals surface area contributed by atoms with Gasteiger partial charge in [-0.05, 0) is 0 Å². The molecule has 0 aliphatic rings. The van der Waals surface area contributed by atoms with E-state index >= 15 is 0 Å². The first-order valence-corrected chi connectivity index (χ1v) is 22.7. The third-order valence-corrected chi connectivity index (χ3v) is 21.2. The smallest absolute Gasteiger partial charge is 0.485 e. The first-order chi connectivity index (χ1) is 20.6. The number of hydrogen-bond donors (Lipinski definition) is 0. The Morgan fingerprint density at radius 1 is 0.535 bits per heavy atom. The number of alkyl halides is 3. The summed E-state index contributed by atoms with van der Waals surface area (Å²) in [5.41, 5.74) is -5.65. The van der Waals surface area contributed by atoms with Crippen LogP contribution < -0.4 is 10.5 Å². The monoisotopic (exact) mass is 726 g/mol. The van der Waals surface area contributed by atoms with Crippen LogP contribution in [0.5, 0.6) is 0 Å². The van der Waals surface area contributed by atoms with E-state index in [9.17, 15) is 13.2 Å². The molecule has 43 heavy (non-hydrogen) atoms. The van der Waals surface area contributed by atoms with Gasteiger partial charge in [0.05, 0.1) is 0 Å². The van der Waals surface area contributed by atoms with Crippen LogP contribution in [0.25, 0.3) is 0 Å². The molecule has 3 aromatic carbocycles. The fourth-order valence-corrected chi connectivity index (χ4v) is 18.0. The van der Waals surface area contributed by atoms with Crippen molar-refractivity contribution in [3.8, 4) is 0 Å². The Kier molecular flexibility index (Phi) is 17.6. The van der Waals surface area contributed by atoms with Crippen LogP contribution in [-0.2, 0) is 10.1 Å². The Morgan fingerprint density at radius 3 is 1.05 bits per heavy atom. The first kappa shape index (κ1) is 37.4. The average Bonchev–Trinajstić information content (AvgIpc) is 3.00. The van der Waals surface area contributed by atoms with Gasteiger partial charge in [-0.25, -0.2) is 8.42 Å². The normalized spacial score (nSPS) is 12.0. The predicted molar refractivity (Wildman–Crippen MR) is 175 cm³/mol. The fourth-order valence-electron chi connectivity index (χ4n) is 5.43. The molecule has 0 unspecified atom stereocenters. The summed E-state index contributed by atoms with van der Waals surface area (Å²) in [6.45, 7) is 2.30. The van der Waals surface area contributed by atoms with Gasteiger partial charge in [-0.2, -0.15) is 13.2 Å². The minimum atomic E-state index is -6.09. The summed E-state index contributed by atoms with van der Waals surface area (Å²) < 4.78 is 65.1. The molecule has 8 heteroatoms. The third-order valence-electron chi connectivity index (χ3n) is 7.72. The van der Waals surface area contributed by atoms with Gasteiger partial charge in [-0.1, -0.05) is 26.2 Å². The van der Waals surface area contributed by atoms with Crippen LogP contribution in [0.3, 0.4) is 0 Å². The van der Waals surface area contributed by atoms with Gasteiger partial charge in [0.1, 0.15) is 0 Å². The van der Waals surface area contributed by atoms with E-state index in [4.69, 9.17) is 13.0 Å². The van der Waals surface area contributed by atoms with Crippen molar-refractivity contribution in [2.75, 3.05) is 0 Å². The molecule has 0 saturated heterocycles. The molecule has 0 atom stereocenters. The average molecular weight is 728 g/mol. The molecule has 0 radical (unpaired) electrons. The Morgan fingerprint density at radius 2 is 0.791 bits per heavy atom. The van der Waals surface area contributed by atoms with Crippen LogP contribution in [0, 0.1) is 0 Å². The summed E-state index contributed by atoms with van der Waals surface area (Å²) >= 11 is -2.88. The molecule has 3 aromatic rings. The number of rotatable bonds is 18. The first-order valence-electron chi connectivity index (χ1n) is 15.7. The van der Waals surface area contributed by atoms with E-state index in [0.717, 1.165) is 0 Å². The zero-order valence-electron chi connectivity index (χ0n) is 25.5. The van der Waals surface area contributed by atoms with Crippen LogP contribution in [-0.4, -0.2) is 37.3 Å². The number of hydrogen-bond acceptors (Lipinski definition) is 3. The molecule has 0 heterocycles. The van der Waals surface area contributed by atoms with Crippen LogP contribution in [0.15, 0.2) is 91.0 Å². The SMILES string of the molecule is CCCCCCCCCCCCCCC[CH2][Sb+]([c]1ccccc1)([c]1ccccc1)[c]1ccccc1.O=S(=O)([O-])C(F)(F)F. The van der Waals surface area contributed by atoms with Crippen LogP contribution >= 0.6 is 0 Å². The van der Waals surface area contributed by atoms with Gasteiger partial charge in [0.2, 0.25) is 0 Å². The van der Waals surface area contributed by atoms with Crippen molar-refractivity contribution in [2.45, 2.75) is 107 Å². The van der Waals surface area contributed by atoms with E-state index in [1.165, 1.54) is 94.3 Å². The summed E-state index contributed by atoms with van der Waals surface area (Å²) in [6.07, 6.45) is 19.9. The molecule has 0 bridgehead atoms. The van der Waals surface area contributed by atoms with Crippen LogP contribution in [0.1, 0.15) is 96.8 Å². The Labute approximate surface area is 262 Å². The van der Waals surface area contributed by atoms with Gasteiger partial charge in [-0.3, -0.25) is 0 Å². The zero-order valence-corrected chi connectivity index (χ0v) is 28.9. The topological polar surface area (TPSA) is 57.2 Å². The Balaban J connectivity index is 0.000000708. The second-order valence-corrected chi connectivity index (χ2v) is 22.7. The molecule has 3 rings (SSSR count). The van der Waals surface area contributed by atoms with Crippen molar-refractivity contribution in [1.29, 1.82) is 0 Å². The minimum absolute atomic E-state index is 1.35. The second-order valence-electron chi connectivity index (χ2n) is 11.0. The zero-order chi connectivity index (χ0) is 31.4. The van der Waals surface area contributed by atoms with Gasteiger partial charge in [0.25, 0.3) is 0 Å². The summed E-state index contributed by atoms with van der Waals surface area (Å²) in [5.74, 6) is 0. The van der Waals surface area contributed by atoms with E-state index in [2.05, 4.69) is 97.9 Å². The molecule has 0 saturated carbocycles. The molecular formula is C35H48F3O3SSb. The predicted octanol–water partition coefficient (Wildman–Crippen LogP) is 8.69. The minimum Gasteiger partial charge on any atom is -0.741 e. The van der Waals surface area contributed by atoms with E-state index in [1.54, 1.807) is 10.5 Å². The second kappa shape index (κ2) is 20.3. The van der Waals surface area contributed by atoms with Gasteiger partial charge < -0.3 is 4.55 Å². The standard InChI is InChI=1S/C16H33.3C6H5.CHF3O3S.Sb/c1-3-5-7-9-11-13-15-16-14-12-10-8-6-4-2;3*1-2-4-6-5-3-1;2-1(3,4)8(5,6)7;/h1,3-16H2,2H3;3*1-5H;(H,5,6,7);/q;;;;;+1/p-1. The van der Waals surface area contributed by atoms with Crippen LogP contribution in [0.4, 0.5) is 13.2 Å². The Bertz CT molecular complexity index is 1120. The molecule has 0 spiro atoms. The number of benzene rings is 3.